The summed E-state index contributed by atoms with van der Waals surface area (Å²) in [6, 6.07) is 0.106. The summed E-state index contributed by atoms with van der Waals surface area (Å²) in [4.78, 5) is 20.3. The molecule has 1 amide bonds. The number of nitrogens with zero attached hydrogens (tertiary/aromatic N) is 3. The topological polar surface area (TPSA) is 109 Å². The van der Waals surface area contributed by atoms with Gasteiger partial charge in [0.2, 0.25) is 0 Å². The van der Waals surface area contributed by atoms with Crippen molar-refractivity contribution in [1.29, 1.82) is 0 Å². The van der Waals surface area contributed by atoms with E-state index in [4.69, 9.17) is 5.73 Å². The number of amidine groups is 1. The first-order valence-electron chi connectivity index (χ1n) is 10.3. The van der Waals surface area contributed by atoms with Crippen molar-refractivity contribution in [3.63, 3.8) is 0 Å². The summed E-state index contributed by atoms with van der Waals surface area (Å²) in [6.07, 6.45) is 9.66. The molecule has 31 heavy (non-hydrogen) atoms. The maximum atomic E-state index is 14.2. The highest BCUT2D eigenvalue weighted by atomic mass is 19.1. The molecule has 1 unspecified atom stereocenters. The number of aliphatic imine (C=N–C) groups is 1. The Morgan fingerprint density at radius 1 is 1.42 bits per heavy atom. The van der Waals surface area contributed by atoms with Gasteiger partial charge in [-0.25, -0.2) is 18.8 Å². The van der Waals surface area contributed by atoms with E-state index < -0.39 is 5.83 Å². The second kappa shape index (κ2) is 10.3. The lowest BCUT2D eigenvalue weighted by molar-refractivity contribution is 0.0918. The molecule has 168 valence electrons. The molecule has 0 aromatic carbocycles. The van der Waals surface area contributed by atoms with Crippen LogP contribution in [0.25, 0.3) is 0 Å². The summed E-state index contributed by atoms with van der Waals surface area (Å²) in [7, 11) is 1.81. The van der Waals surface area contributed by atoms with Gasteiger partial charge in [-0.1, -0.05) is 0 Å². The Kier molecular flexibility index (Phi) is 7.56. The average molecular weight is 434 g/mol. The minimum atomic E-state index is -0.452. The third kappa shape index (κ3) is 6.48. The first-order chi connectivity index (χ1) is 14.8. The molecule has 1 saturated carbocycles. The maximum absolute atomic E-state index is 14.2. The van der Waals surface area contributed by atoms with E-state index in [-0.39, 0.29) is 36.2 Å². The smallest absolute Gasteiger partial charge is 0.271 e. The van der Waals surface area contributed by atoms with Crippen LogP contribution in [0.3, 0.4) is 0 Å². The lowest BCUT2D eigenvalue weighted by Crippen LogP contribution is -2.44. The van der Waals surface area contributed by atoms with Crippen LogP contribution in [0.1, 0.15) is 49.5 Å². The molecule has 1 aliphatic heterocycles. The van der Waals surface area contributed by atoms with Gasteiger partial charge >= 0.3 is 0 Å². The minimum absolute atomic E-state index is 0.0180. The molecule has 1 aliphatic carbocycles. The van der Waals surface area contributed by atoms with E-state index in [1.165, 1.54) is 6.92 Å². The van der Waals surface area contributed by atoms with Gasteiger partial charge in [-0.15, -0.1) is 0 Å². The Balaban J connectivity index is 1.45. The predicted octanol–water partition coefficient (Wildman–Crippen LogP) is 2.30. The summed E-state index contributed by atoms with van der Waals surface area (Å²) in [5, 5.41) is 8.97. The zero-order valence-electron chi connectivity index (χ0n) is 17.8. The molecule has 8 nitrogen and oxygen atoms in total. The Morgan fingerprint density at radius 3 is 2.87 bits per heavy atom. The number of hydrogen-bond acceptors (Lipinski definition) is 5. The zero-order chi connectivity index (χ0) is 22.4. The molecule has 0 spiro atoms. The molecule has 0 bridgehead atoms. The van der Waals surface area contributed by atoms with E-state index in [0.717, 1.165) is 25.5 Å². The van der Waals surface area contributed by atoms with Gasteiger partial charge in [0.05, 0.1) is 18.2 Å². The number of allylic oxidation sites excluding steroid dienone is 2. The Bertz CT molecular complexity index is 928. The largest absolute Gasteiger partial charge is 0.383 e. The molecular weight excluding hydrogens is 404 g/mol. The maximum Gasteiger partial charge on any atom is 0.271 e. The van der Waals surface area contributed by atoms with E-state index in [1.807, 2.05) is 7.05 Å². The summed E-state index contributed by atoms with van der Waals surface area (Å²) in [6.45, 7) is 1.38. The van der Waals surface area contributed by atoms with E-state index in [0.29, 0.717) is 29.8 Å². The predicted molar refractivity (Wildman–Crippen MR) is 115 cm³/mol. The number of rotatable bonds is 7. The summed E-state index contributed by atoms with van der Waals surface area (Å²) in [5.41, 5.74) is 7.29. The normalized spacial score (nSPS) is 23.9. The van der Waals surface area contributed by atoms with Crippen LogP contribution >= 0.6 is 0 Å². The average Bonchev–Trinajstić information content (AvgIpc) is 3.40. The SMILES string of the molecule is C/C(F)=C1\CC(C(N)=N/C=C(/F)CNC2CCC[C@@H](NC(=O)c3cn(C)cn3)C2)=CN1. The van der Waals surface area contributed by atoms with Gasteiger partial charge in [-0.05, 0) is 32.6 Å². The number of carbonyl (C=O) groups is 1. The van der Waals surface area contributed by atoms with Crippen molar-refractivity contribution in [2.24, 2.45) is 17.8 Å². The van der Waals surface area contributed by atoms with Crippen molar-refractivity contribution in [3.8, 4) is 0 Å². The molecule has 1 aromatic rings. The van der Waals surface area contributed by atoms with Gasteiger partial charge in [0.1, 0.15) is 23.2 Å². The lowest BCUT2D eigenvalue weighted by Gasteiger charge is -2.30. The van der Waals surface area contributed by atoms with Gasteiger partial charge < -0.3 is 26.3 Å². The van der Waals surface area contributed by atoms with Crippen LogP contribution in [-0.4, -0.2) is 39.9 Å². The number of nitrogens with one attached hydrogen (secondary N) is 3. The van der Waals surface area contributed by atoms with Gasteiger partial charge in [0.15, 0.2) is 0 Å². The monoisotopic (exact) mass is 433 g/mol. The molecule has 0 saturated heterocycles. The fraction of sp³-hybridized carbons (Fsp3) is 0.476. The fourth-order valence-corrected chi connectivity index (χ4v) is 3.66. The molecule has 10 heteroatoms. The van der Waals surface area contributed by atoms with Gasteiger partial charge in [-0.3, -0.25) is 4.79 Å². The summed E-state index contributed by atoms with van der Waals surface area (Å²) >= 11 is 0. The van der Waals surface area contributed by atoms with Crippen molar-refractivity contribution in [3.05, 3.63) is 53.5 Å². The fourth-order valence-electron chi connectivity index (χ4n) is 3.66. The van der Waals surface area contributed by atoms with Gasteiger partial charge in [0.25, 0.3) is 5.91 Å². The standard InChI is InChI=1S/C21H29F2N7O/c1-13(22)18-6-14(8-26-18)20(24)27-10-15(23)9-25-16-4-3-5-17(7-16)29-21(31)19-11-30(2)12-28-19/h8,10-12,16-17,25-26H,3-7,9H2,1-2H3,(H2,24,27)(H,29,31)/b15-10+,18-13-/t16?,17-/m1/s1. The first kappa shape index (κ1) is 22.7. The highest BCUT2D eigenvalue weighted by molar-refractivity contribution is 5.98. The van der Waals surface area contributed by atoms with Crippen LogP contribution in [0.2, 0.25) is 0 Å². The number of imidazole rings is 1. The molecule has 5 N–H and O–H groups in total. The van der Waals surface area contributed by atoms with E-state index >= 15 is 0 Å². The van der Waals surface area contributed by atoms with E-state index in [1.54, 1.807) is 23.3 Å². The summed E-state index contributed by atoms with van der Waals surface area (Å²) < 4.78 is 29.1. The van der Waals surface area contributed by atoms with Crippen molar-refractivity contribution >= 4 is 11.7 Å². The quantitative estimate of drug-likeness (QED) is 0.390. The molecule has 2 heterocycles. The second-order valence-corrected chi connectivity index (χ2v) is 7.93. The van der Waals surface area contributed by atoms with E-state index in [9.17, 15) is 13.6 Å². The number of hydrogen-bond donors (Lipinski definition) is 4. The van der Waals surface area contributed by atoms with Crippen molar-refractivity contribution in [1.82, 2.24) is 25.5 Å². The second-order valence-electron chi connectivity index (χ2n) is 7.93. The van der Waals surface area contributed by atoms with Crippen LogP contribution in [0.5, 0.6) is 0 Å². The Morgan fingerprint density at radius 2 is 2.19 bits per heavy atom. The number of nitrogens with two attached hydrogens (primary N) is 1. The molecule has 0 radical (unpaired) electrons. The van der Waals surface area contributed by atoms with Crippen LogP contribution < -0.4 is 21.7 Å². The number of halogens is 2. The number of aromatic nitrogens is 2. The number of carbonyl (C=O) groups excluding carboxylic acids is 1. The molecule has 1 aromatic heterocycles. The first-order valence-corrected chi connectivity index (χ1v) is 10.3. The van der Waals surface area contributed by atoms with Crippen LogP contribution in [-0.2, 0) is 7.05 Å². The van der Waals surface area contributed by atoms with Crippen molar-refractivity contribution in [2.45, 2.75) is 51.1 Å². The lowest BCUT2D eigenvalue weighted by atomic mass is 9.91. The minimum Gasteiger partial charge on any atom is -0.383 e. The third-order valence-electron chi connectivity index (χ3n) is 5.38. The third-order valence-corrected chi connectivity index (χ3v) is 5.38. The van der Waals surface area contributed by atoms with Crippen molar-refractivity contribution in [2.75, 3.05) is 6.54 Å². The molecule has 1 fully saturated rings. The van der Waals surface area contributed by atoms with Gasteiger partial charge in [-0.2, -0.15) is 0 Å². The molecular formula is C21H29F2N7O. The van der Waals surface area contributed by atoms with Crippen LogP contribution in [0.15, 0.2) is 52.8 Å². The Hall–Kier alpha value is -3.01. The Labute approximate surface area is 180 Å². The van der Waals surface area contributed by atoms with Crippen molar-refractivity contribution < 1.29 is 13.6 Å². The van der Waals surface area contributed by atoms with Gasteiger partial charge in [0, 0.05) is 50.1 Å². The highest BCUT2D eigenvalue weighted by Gasteiger charge is 2.24. The van der Waals surface area contributed by atoms with E-state index in [2.05, 4.69) is 25.9 Å². The zero-order valence-corrected chi connectivity index (χ0v) is 17.8. The number of aryl methyl sites for hydroxylation is 1. The summed E-state index contributed by atoms with van der Waals surface area (Å²) in [5.74, 6) is -0.814. The molecule has 2 atom stereocenters. The van der Waals surface area contributed by atoms with Crippen LogP contribution in [0, 0.1) is 0 Å². The molecule has 2 aliphatic rings. The highest BCUT2D eigenvalue weighted by Crippen LogP contribution is 2.20. The number of amides is 1. The molecule has 3 rings (SSSR count). The van der Waals surface area contributed by atoms with Crippen LogP contribution in [0.4, 0.5) is 8.78 Å².